The first-order chi connectivity index (χ1) is 10.0. The van der Waals surface area contributed by atoms with Gasteiger partial charge in [0.05, 0.1) is 16.7 Å². The fourth-order valence-electron chi connectivity index (χ4n) is 2.68. The summed E-state index contributed by atoms with van der Waals surface area (Å²) >= 11 is 3.41. The van der Waals surface area contributed by atoms with Crippen LogP contribution in [0.2, 0.25) is 0 Å². The molecule has 0 spiro atoms. The fourth-order valence-corrected chi connectivity index (χ4v) is 3.04. The highest BCUT2D eigenvalue weighted by molar-refractivity contribution is 9.10. The van der Waals surface area contributed by atoms with Gasteiger partial charge in [-0.1, -0.05) is 6.07 Å². The Labute approximate surface area is 129 Å². The average molecular weight is 349 g/mol. The zero-order valence-corrected chi connectivity index (χ0v) is 12.6. The van der Waals surface area contributed by atoms with Crippen LogP contribution in [0.15, 0.2) is 40.9 Å². The van der Waals surface area contributed by atoms with E-state index in [1.807, 2.05) is 6.07 Å². The first-order valence-corrected chi connectivity index (χ1v) is 7.36. The number of hydrogen-bond acceptors (Lipinski definition) is 4. The number of aromatic hydroxyl groups is 1. The van der Waals surface area contributed by atoms with E-state index >= 15 is 0 Å². The molecule has 0 amide bonds. The molecule has 108 valence electrons. The molecule has 0 fully saturated rings. The summed E-state index contributed by atoms with van der Waals surface area (Å²) < 4.78 is 0.792. The molecule has 1 aliphatic rings. The zero-order chi connectivity index (χ0) is 15.0. The van der Waals surface area contributed by atoms with E-state index in [2.05, 4.69) is 21.2 Å². The lowest BCUT2D eigenvalue weighted by Gasteiger charge is -2.16. The van der Waals surface area contributed by atoms with E-state index < -0.39 is 4.92 Å². The Morgan fingerprint density at radius 3 is 2.86 bits per heavy atom. The minimum Gasteiger partial charge on any atom is -0.508 e. The van der Waals surface area contributed by atoms with Crippen molar-refractivity contribution in [2.45, 2.75) is 18.9 Å². The molecule has 21 heavy (non-hydrogen) atoms. The van der Waals surface area contributed by atoms with Gasteiger partial charge >= 0.3 is 0 Å². The van der Waals surface area contributed by atoms with Gasteiger partial charge in [0.2, 0.25) is 0 Å². The number of phenols is 1. The summed E-state index contributed by atoms with van der Waals surface area (Å²) in [6.07, 6.45) is 1.78. The summed E-state index contributed by atoms with van der Waals surface area (Å²) in [5.74, 6) is 0.269. The highest BCUT2D eigenvalue weighted by Gasteiger charge is 2.23. The van der Waals surface area contributed by atoms with Crippen molar-refractivity contribution < 1.29 is 10.0 Å². The molecule has 0 bridgehead atoms. The molecular weight excluding hydrogens is 336 g/mol. The molecule has 0 aromatic heterocycles. The van der Waals surface area contributed by atoms with E-state index in [1.54, 1.807) is 18.2 Å². The Hall–Kier alpha value is -2.08. The molecule has 2 aromatic carbocycles. The second-order valence-electron chi connectivity index (χ2n) is 5.04. The van der Waals surface area contributed by atoms with Gasteiger partial charge in [0.25, 0.3) is 5.69 Å². The van der Waals surface area contributed by atoms with E-state index in [4.69, 9.17) is 0 Å². The Morgan fingerprint density at radius 2 is 2.10 bits per heavy atom. The Balaban J connectivity index is 1.89. The smallest absolute Gasteiger partial charge is 0.271 e. The highest BCUT2D eigenvalue weighted by Crippen LogP contribution is 2.38. The zero-order valence-electron chi connectivity index (χ0n) is 11.0. The number of nitrogens with one attached hydrogen (secondary N) is 1. The van der Waals surface area contributed by atoms with Gasteiger partial charge in [0.15, 0.2) is 0 Å². The molecule has 2 N–H and O–H groups in total. The number of anilines is 1. The quantitative estimate of drug-likeness (QED) is 0.644. The van der Waals surface area contributed by atoms with Crippen molar-refractivity contribution in [3.05, 3.63) is 62.1 Å². The maximum atomic E-state index is 10.9. The van der Waals surface area contributed by atoms with Crippen LogP contribution in [0, 0.1) is 10.1 Å². The third-order valence-corrected chi connectivity index (χ3v) is 4.39. The van der Waals surface area contributed by atoms with E-state index in [0.717, 1.165) is 28.4 Å². The van der Waals surface area contributed by atoms with Gasteiger partial charge in [-0.2, -0.15) is 0 Å². The predicted molar refractivity (Wildman–Crippen MR) is 83.6 cm³/mol. The predicted octanol–water partition coefficient (Wildman–Crippen LogP) is 4.16. The third kappa shape index (κ3) is 2.71. The Bertz CT molecular complexity index is 718. The number of halogens is 1. The van der Waals surface area contributed by atoms with Crippen LogP contribution in [0.1, 0.15) is 23.6 Å². The number of nitrogens with zero attached hydrogens (tertiary/aromatic N) is 1. The van der Waals surface area contributed by atoms with Crippen molar-refractivity contribution in [3.63, 3.8) is 0 Å². The summed E-state index contributed by atoms with van der Waals surface area (Å²) in [7, 11) is 0. The summed E-state index contributed by atoms with van der Waals surface area (Å²) in [6, 6.07) is 10.1. The molecule has 2 aromatic rings. The SMILES string of the molecule is O=[N+]([O-])c1ccc(Br)c(NC2CCc3cc(O)ccc32)c1. The van der Waals surface area contributed by atoms with E-state index in [1.165, 1.54) is 12.1 Å². The molecule has 5 nitrogen and oxygen atoms in total. The lowest BCUT2D eigenvalue weighted by molar-refractivity contribution is -0.384. The first kappa shape index (κ1) is 13.9. The van der Waals surface area contributed by atoms with E-state index in [-0.39, 0.29) is 17.5 Å². The minimum atomic E-state index is -0.405. The van der Waals surface area contributed by atoms with E-state index in [0.29, 0.717) is 5.69 Å². The lowest BCUT2D eigenvalue weighted by atomic mass is 10.1. The van der Waals surface area contributed by atoms with Crippen molar-refractivity contribution in [2.24, 2.45) is 0 Å². The van der Waals surface area contributed by atoms with Crippen LogP contribution in [0.4, 0.5) is 11.4 Å². The molecule has 6 heteroatoms. The molecular formula is C15H13BrN2O3. The van der Waals surface area contributed by atoms with Crippen LogP contribution >= 0.6 is 15.9 Å². The Morgan fingerprint density at radius 1 is 1.29 bits per heavy atom. The van der Waals surface area contributed by atoms with Gasteiger partial charge in [0, 0.05) is 16.6 Å². The van der Waals surface area contributed by atoms with Crippen molar-refractivity contribution in [1.82, 2.24) is 0 Å². The molecule has 1 unspecified atom stereocenters. The largest absolute Gasteiger partial charge is 0.508 e. The number of fused-ring (bicyclic) bond motifs is 1. The first-order valence-electron chi connectivity index (χ1n) is 6.57. The number of nitro benzene ring substituents is 1. The van der Waals surface area contributed by atoms with Crippen LogP contribution in [-0.4, -0.2) is 10.0 Å². The van der Waals surface area contributed by atoms with Gasteiger partial charge < -0.3 is 10.4 Å². The van der Waals surface area contributed by atoms with Crippen LogP contribution < -0.4 is 5.32 Å². The van der Waals surface area contributed by atoms with Crippen LogP contribution in [0.3, 0.4) is 0 Å². The van der Waals surface area contributed by atoms with Gasteiger partial charge in [-0.25, -0.2) is 0 Å². The maximum Gasteiger partial charge on any atom is 0.271 e. The van der Waals surface area contributed by atoms with E-state index in [9.17, 15) is 15.2 Å². The molecule has 0 radical (unpaired) electrons. The monoisotopic (exact) mass is 348 g/mol. The van der Waals surface area contributed by atoms with Crippen LogP contribution in [0.5, 0.6) is 5.75 Å². The number of benzene rings is 2. The van der Waals surface area contributed by atoms with Crippen molar-refractivity contribution in [2.75, 3.05) is 5.32 Å². The molecule has 0 heterocycles. The van der Waals surface area contributed by atoms with Crippen LogP contribution in [-0.2, 0) is 6.42 Å². The van der Waals surface area contributed by atoms with Gasteiger partial charge in [0.1, 0.15) is 5.75 Å². The Kier molecular flexibility index (Phi) is 3.55. The summed E-state index contributed by atoms with van der Waals surface area (Å²) in [5.41, 5.74) is 3.01. The summed E-state index contributed by atoms with van der Waals surface area (Å²) in [4.78, 5) is 10.5. The van der Waals surface area contributed by atoms with Crippen molar-refractivity contribution in [1.29, 1.82) is 0 Å². The summed E-state index contributed by atoms with van der Waals surface area (Å²) in [6.45, 7) is 0. The van der Waals surface area contributed by atoms with Gasteiger partial charge in [-0.3, -0.25) is 10.1 Å². The number of aryl methyl sites for hydroxylation is 1. The molecule has 1 atom stereocenters. The van der Waals surface area contributed by atoms with Crippen molar-refractivity contribution in [3.8, 4) is 5.75 Å². The molecule has 3 rings (SSSR count). The topological polar surface area (TPSA) is 75.4 Å². The highest BCUT2D eigenvalue weighted by atomic mass is 79.9. The number of nitro groups is 1. The number of non-ortho nitro benzene ring substituents is 1. The van der Waals surface area contributed by atoms with Crippen molar-refractivity contribution >= 4 is 27.3 Å². The second-order valence-corrected chi connectivity index (χ2v) is 5.89. The molecule has 0 saturated heterocycles. The normalized spacial score (nSPS) is 16.5. The maximum absolute atomic E-state index is 10.9. The number of hydrogen-bond donors (Lipinski definition) is 2. The third-order valence-electron chi connectivity index (χ3n) is 3.69. The average Bonchev–Trinajstić information content (AvgIpc) is 2.83. The fraction of sp³-hybridized carbons (Fsp3) is 0.200. The minimum absolute atomic E-state index is 0.0598. The second kappa shape index (κ2) is 5.37. The summed E-state index contributed by atoms with van der Waals surface area (Å²) in [5, 5.41) is 23.7. The standard InChI is InChI=1S/C15H13BrN2O3/c16-13-5-2-10(18(20)21)8-15(13)17-14-6-1-9-7-11(19)3-4-12(9)14/h2-5,7-8,14,17,19H,1,6H2. The molecule has 0 saturated carbocycles. The van der Waals surface area contributed by atoms with Gasteiger partial charge in [-0.15, -0.1) is 0 Å². The van der Waals surface area contributed by atoms with Crippen LogP contribution in [0.25, 0.3) is 0 Å². The number of rotatable bonds is 3. The molecule has 1 aliphatic carbocycles. The number of phenolic OH excluding ortho intramolecular Hbond substituents is 1. The lowest BCUT2D eigenvalue weighted by Crippen LogP contribution is -2.07. The molecule has 0 aliphatic heterocycles. The van der Waals surface area contributed by atoms with Gasteiger partial charge in [-0.05, 0) is 58.1 Å².